The van der Waals surface area contributed by atoms with E-state index in [1.54, 1.807) is 7.11 Å². The van der Waals surface area contributed by atoms with E-state index in [0.29, 0.717) is 5.92 Å². The molecule has 0 aliphatic rings. The molecule has 2 rings (SSSR count). The van der Waals surface area contributed by atoms with Crippen molar-refractivity contribution < 1.29 is 4.74 Å². The maximum Gasteiger partial charge on any atom is 0.126 e. The minimum absolute atomic E-state index is 0.675. The minimum atomic E-state index is 0.675. The largest absolute Gasteiger partial charge is 0.496 e. The molecule has 0 radical (unpaired) electrons. The van der Waals surface area contributed by atoms with Crippen LogP contribution >= 0.6 is 0 Å². The summed E-state index contributed by atoms with van der Waals surface area (Å²) < 4.78 is 5.40. The van der Waals surface area contributed by atoms with Crippen molar-refractivity contribution in [1.82, 2.24) is 5.32 Å². The highest BCUT2D eigenvalue weighted by atomic mass is 16.5. The van der Waals surface area contributed by atoms with Crippen LogP contribution < -0.4 is 10.1 Å². The van der Waals surface area contributed by atoms with Crippen molar-refractivity contribution in [3.63, 3.8) is 0 Å². The van der Waals surface area contributed by atoms with Crippen LogP contribution in [0.2, 0.25) is 0 Å². The Morgan fingerprint density at radius 2 is 1.78 bits per heavy atom. The number of benzene rings is 2. The minimum Gasteiger partial charge on any atom is -0.496 e. The maximum atomic E-state index is 5.40. The Bertz CT molecular complexity index is 519. The molecule has 0 bridgehead atoms. The molecule has 18 heavy (non-hydrogen) atoms. The summed E-state index contributed by atoms with van der Waals surface area (Å²) in [4.78, 5) is 0. The molecule has 0 atom stereocenters. The highest BCUT2D eigenvalue weighted by Gasteiger charge is 2.05. The van der Waals surface area contributed by atoms with Crippen molar-refractivity contribution in [2.45, 2.75) is 20.4 Å². The van der Waals surface area contributed by atoms with Gasteiger partial charge in [0.15, 0.2) is 0 Å². The second-order valence-corrected chi connectivity index (χ2v) is 5.00. The molecule has 0 aliphatic heterocycles. The lowest BCUT2D eigenvalue weighted by molar-refractivity contribution is 0.419. The van der Waals surface area contributed by atoms with Crippen LogP contribution in [0, 0.1) is 5.92 Å². The van der Waals surface area contributed by atoms with E-state index in [9.17, 15) is 0 Å². The molecule has 0 saturated carbocycles. The summed E-state index contributed by atoms with van der Waals surface area (Å²) in [5, 5.41) is 5.95. The number of methoxy groups -OCH3 is 1. The summed E-state index contributed by atoms with van der Waals surface area (Å²) in [6.45, 7) is 6.39. The lowest BCUT2D eigenvalue weighted by Crippen LogP contribution is -2.19. The first-order chi connectivity index (χ1) is 8.72. The van der Waals surface area contributed by atoms with Crippen molar-refractivity contribution in [1.29, 1.82) is 0 Å². The van der Waals surface area contributed by atoms with Gasteiger partial charge in [-0.2, -0.15) is 0 Å². The molecule has 0 amide bonds. The summed E-state index contributed by atoms with van der Waals surface area (Å²) in [5.41, 5.74) is 1.33. The zero-order valence-electron chi connectivity index (χ0n) is 11.4. The zero-order chi connectivity index (χ0) is 13.0. The second-order valence-electron chi connectivity index (χ2n) is 5.00. The molecule has 0 saturated heterocycles. The van der Waals surface area contributed by atoms with Gasteiger partial charge in [-0.05, 0) is 29.5 Å². The van der Waals surface area contributed by atoms with Gasteiger partial charge in [-0.3, -0.25) is 0 Å². The average molecular weight is 243 g/mol. The quantitative estimate of drug-likeness (QED) is 0.866. The van der Waals surface area contributed by atoms with E-state index in [2.05, 4.69) is 55.6 Å². The molecule has 2 nitrogen and oxygen atoms in total. The molecule has 96 valence electrons. The van der Waals surface area contributed by atoms with Gasteiger partial charge in [0, 0.05) is 11.9 Å². The van der Waals surface area contributed by atoms with Gasteiger partial charge >= 0.3 is 0 Å². The van der Waals surface area contributed by atoms with E-state index in [-0.39, 0.29) is 0 Å². The Hall–Kier alpha value is -1.54. The third kappa shape index (κ3) is 2.82. The van der Waals surface area contributed by atoms with E-state index in [4.69, 9.17) is 4.74 Å². The number of nitrogens with one attached hydrogen (secondary N) is 1. The summed E-state index contributed by atoms with van der Waals surface area (Å²) in [7, 11) is 1.72. The van der Waals surface area contributed by atoms with Gasteiger partial charge in [0.25, 0.3) is 0 Å². The van der Waals surface area contributed by atoms with Gasteiger partial charge in [0.1, 0.15) is 5.75 Å². The maximum absolute atomic E-state index is 5.40. The van der Waals surface area contributed by atoms with Crippen molar-refractivity contribution in [2.24, 2.45) is 5.92 Å². The topological polar surface area (TPSA) is 21.3 Å². The van der Waals surface area contributed by atoms with E-state index >= 15 is 0 Å². The van der Waals surface area contributed by atoms with Gasteiger partial charge < -0.3 is 10.1 Å². The van der Waals surface area contributed by atoms with E-state index in [1.807, 2.05) is 0 Å². The Kier molecular flexibility index (Phi) is 4.21. The normalized spacial score (nSPS) is 11.1. The van der Waals surface area contributed by atoms with Crippen LogP contribution in [-0.2, 0) is 6.54 Å². The molecule has 2 heteroatoms. The fraction of sp³-hybridized carbons (Fsp3) is 0.375. The first kappa shape index (κ1) is 12.9. The molecular formula is C16H21NO. The third-order valence-electron chi connectivity index (χ3n) is 3.06. The SMILES string of the molecule is COc1ccc(CNCC(C)C)c2ccccc12. The van der Waals surface area contributed by atoms with Crippen molar-refractivity contribution >= 4 is 10.8 Å². The summed E-state index contributed by atoms with van der Waals surface area (Å²) in [6, 6.07) is 12.6. The summed E-state index contributed by atoms with van der Waals surface area (Å²) in [5.74, 6) is 1.62. The van der Waals surface area contributed by atoms with Gasteiger partial charge in [-0.25, -0.2) is 0 Å². The van der Waals surface area contributed by atoms with Crippen LogP contribution in [0.25, 0.3) is 10.8 Å². The summed E-state index contributed by atoms with van der Waals surface area (Å²) >= 11 is 0. The molecule has 0 aromatic heterocycles. The van der Waals surface area contributed by atoms with Crippen LogP contribution in [0.1, 0.15) is 19.4 Å². The van der Waals surface area contributed by atoms with E-state index in [1.165, 1.54) is 16.3 Å². The molecule has 0 unspecified atom stereocenters. The predicted molar refractivity (Wildman–Crippen MR) is 77.0 cm³/mol. The lowest BCUT2D eigenvalue weighted by atomic mass is 10.0. The number of hydrogen-bond donors (Lipinski definition) is 1. The van der Waals surface area contributed by atoms with Crippen LogP contribution in [0.4, 0.5) is 0 Å². The molecule has 1 N–H and O–H groups in total. The molecule has 0 aliphatic carbocycles. The van der Waals surface area contributed by atoms with Gasteiger partial charge in [-0.1, -0.05) is 44.2 Å². The average Bonchev–Trinajstić information content (AvgIpc) is 2.38. The van der Waals surface area contributed by atoms with Crippen molar-refractivity contribution in [2.75, 3.05) is 13.7 Å². The smallest absolute Gasteiger partial charge is 0.126 e. The Labute approximate surface area is 109 Å². The van der Waals surface area contributed by atoms with Crippen LogP contribution in [0.3, 0.4) is 0 Å². The zero-order valence-corrected chi connectivity index (χ0v) is 11.4. The molecule has 0 fully saturated rings. The fourth-order valence-electron chi connectivity index (χ4n) is 2.16. The molecule has 0 spiro atoms. The second kappa shape index (κ2) is 5.87. The van der Waals surface area contributed by atoms with Crippen LogP contribution in [0.15, 0.2) is 36.4 Å². The number of fused-ring (bicyclic) bond motifs is 1. The Morgan fingerprint density at radius 1 is 1.06 bits per heavy atom. The fourth-order valence-corrected chi connectivity index (χ4v) is 2.16. The molecule has 2 aromatic rings. The molecule has 0 heterocycles. The van der Waals surface area contributed by atoms with Crippen molar-refractivity contribution in [3.8, 4) is 5.75 Å². The highest BCUT2D eigenvalue weighted by molar-refractivity contribution is 5.91. The Morgan fingerprint density at radius 3 is 2.44 bits per heavy atom. The van der Waals surface area contributed by atoms with E-state index < -0.39 is 0 Å². The lowest BCUT2D eigenvalue weighted by Gasteiger charge is -2.12. The van der Waals surface area contributed by atoms with Gasteiger partial charge in [0.2, 0.25) is 0 Å². The predicted octanol–water partition coefficient (Wildman–Crippen LogP) is 3.59. The summed E-state index contributed by atoms with van der Waals surface area (Å²) in [6.07, 6.45) is 0. The van der Waals surface area contributed by atoms with E-state index in [0.717, 1.165) is 18.8 Å². The van der Waals surface area contributed by atoms with Crippen molar-refractivity contribution in [3.05, 3.63) is 42.0 Å². The monoisotopic (exact) mass is 243 g/mol. The van der Waals surface area contributed by atoms with Gasteiger partial charge in [-0.15, -0.1) is 0 Å². The first-order valence-corrected chi connectivity index (χ1v) is 6.47. The number of ether oxygens (including phenoxy) is 1. The molecule has 2 aromatic carbocycles. The van der Waals surface area contributed by atoms with Gasteiger partial charge in [0.05, 0.1) is 7.11 Å². The number of rotatable bonds is 5. The first-order valence-electron chi connectivity index (χ1n) is 6.47. The standard InChI is InChI=1S/C16H21NO/c1-12(2)10-17-11-13-8-9-16(18-3)15-7-5-4-6-14(13)15/h4-9,12,17H,10-11H2,1-3H3. The van der Waals surface area contributed by atoms with Crippen LogP contribution in [-0.4, -0.2) is 13.7 Å². The highest BCUT2D eigenvalue weighted by Crippen LogP contribution is 2.28. The molecular weight excluding hydrogens is 222 g/mol. The number of hydrogen-bond acceptors (Lipinski definition) is 2. The van der Waals surface area contributed by atoms with Crippen LogP contribution in [0.5, 0.6) is 5.75 Å². The third-order valence-corrected chi connectivity index (χ3v) is 3.06. The Balaban J connectivity index is 2.28.